The summed E-state index contributed by atoms with van der Waals surface area (Å²) in [6.07, 6.45) is 2.20. The Kier molecular flexibility index (Phi) is 3.27. The monoisotopic (exact) mass is 244 g/mol. The Balaban J connectivity index is 2.07. The number of nitrogens with one attached hydrogen (secondary N) is 2. The maximum absolute atomic E-state index is 10.9. The van der Waals surface area contributed by atoms with Gasteiger partial charge >= 0.3 is 0 Å². The quantitative estimate of drug-likeness (QED) is 0.746. The van der Waals surface area contributed by atoms with Gasteiger partial charge in [0, 0.05) is 13.1 Å². The van der Waals surface area contributed by atoms with E-state index in [1.54, 1.807) is 0 Å². The Labute approximate surface area is 95.1 Å². The van der Waals surface area contributed by atoms with Crippen LogP contribution in [0.25, 0.3) is 0 Å². The van der Waals surface area contributed by atoms with Gasteiger partial charge < -0.3 is 5.32 Å². The molecule has 0 aromatic carbocycles. The molecule has 7 heteroatoms. The Morgan fingerprint density at radius 2 is 2.44 bits per heavy atom. The molecular formula is C9H16N4O2S. The molecule has 0 unspecified atom stereocenters. The maximum atomic E-state index is 10.9. The van der Waals surface area contributed by atoms with Crippen molar-refractivity contribution in [3.05, 3.63) is 17.5 Å². The van der Waals surface area contributed by atoms with Crippen LogP contribution >= 0.6 is 0 Å². The van der Waals surface area contributed by atoms with Crippen LogP contribution in [0.3, 0.4) is 0 Å². The third kappa shape index (κ3) is 3.03. The summed E-state index contributed by atoms with van der Waals surface area (Å²) in [5.74, 6) is 0. The molecule has 1 aliphatic rings. The minimum atomic E-state index is -3.15. The SMILES string of the molecule is CS(=O)(=O)NCc1cc2n(n1)CCCNC2. The fraction of sp³-hybridized carbons (Fsp3) is 0.667. The molecule has 2 rings (SSSR count). The second kappa shape index (κ2) is 4.52. The first-order chi connectivity index (χ1) is 7.54. The third-order valence-corrected chi connectivity index (χ3v) is 3.13. The molecule has 0 saturated heterocycles. The Bertz CT molecular complexity index is 442. The summed E-state index contributed by atoms with van der Waals surface area (Å²) < 4.78 is 26.3. The predicted molar refractivity (Wildman–Crippen MR) is 60.2 cm³/mol. The number of aromatic nitrogens is 2. The predicted octanol–water partition coefficient (Wildman–Crippen LogP) is -0.574. The summed E-state index contributed by atoms with van der Waals surface area (Å²) in [4.78, 5) is 0. The third-order valence-electron chi connectivity index (χ3n) is 2.46. The molecule has 0 radical (unpaired) electrons. The molecule has 1 aromatic heterocycles. The van der Waals surface area contributed by atoms with Gasteiger partial charge in [0.2, 0.25) is 10.0 Å². The molecule has 0 saturated carbocycles. The van der Waals surface area contributed by atoms with E-state index in [4.69, 9.17) is 0 Å². The van der Waals surface area contributed by atoms with Gasteiger partial charge in [-0.1, -0.05) is 0 Å². The van der Waals surface area contributed by atoms with Crippen LogP contribution < -0.4 is 10.0 Å². The van der Waals surface area contributed by atoms with Crippen LogP contribution in [-0.4, -0.2) is 31.0 Å². The van der Waals surface area contributed by atoms with E-state index in [0.717, 1.165) is 43.7 Å². The van der Waals surface area contributed by atoms with E-state index in [1.165, 1.54) is 0 Å². The molecule has 0 spiro atoms. The van der Waals surface area contributed by atoms with Gasteiger partial charge in [-0.25, -0.2) is 13.1 Å². The van der Waals surface area contributed by atoms with E-state index in [-0.39, 0.29) is 6.54 Å². The maximum Gasteiger partial charge on any atom is 0.209 e. The molecule has 0 atom stereocenters. The molecular weight excluding hydrogens is 228 g/mol. The van der Waals surface area contributed by atoms with E-state index in [2.05, 4.69) is 15.1 Å². The first kappa shape index (κ1) is 11.6. The zero-order chi connectivity index (χ0) is 11.6. The summed E-state index contributed by atoms with van der Waals surface area (Å²) in [6.45, 7) is 2.95. The molecule has 1 aliphatic heterocycles. The molecule has 0 fully saturated rings. The van der Waals surface area contributed by atoms with Gasteiger partial charge in [-0.05, 0) is 19.0 Å². The Morgan fingerprint density at radius 3 is 3.19 bits per heavy atom. The standard InChI is InChI=1S/C9H16N4O2S/c1-16(14,15)11-6-8-5-9-7-10-3-2-4-13(9)12-8/h5,10-11H,2-4,6-7H2,1H3. The Hall–Kier alpha value is -0.920. The summed E-state index contributed by atoms with van der Waals surface area (Å²) >= 11 is 0. The van der Waals surface area contributed by atoms with Crippen molar-refractivity contribution in [1.29, 1.82) is 0 Å². The van der Waals surface area contributed by atoms with Crippen molar-refractivity contribution in [1.82, 2.24) is 19.8 Å². The lowest BCUT2D eigenvalue weighted by Gasteiger charge is -2.00. The van der Waals surface area contributed by atoms with Crippen molar-refractivity contribution in [3.8, 4) is 0 Å². The molecule has 90 valence electrons. The number of rotatable bonds is 3. The van der Waals surface area contributed by atoms with E-state index in [9.17, 15) is 8.42 Å². The first-order valence-electron chi connectivity index (χ1n) is 5.25. The van der Waals surface area contributed by atoms with Crippen LogP contribution in [0.4, 0.5) is 0 Å². The van der Waals surface area contributed by atoms with Crippen molar-refractivity contribution in [3.63, 3.8) is 0 Å². The lowest BCUT2D eigenvalue weighted by molar-refractivity contribution is 0.571. The Morgan fingerprint density at radius 1 is 1.62 bits per heavy atom. The van der Waals surface area contributed by atoms with Crippen molar-refractivity contribution < 1.29 is 8.42 Å². The molecule has 0 aliphatic carbocycles. The first-order valence-corrected chi connectivity index (χ1v) is 7.15. The largest absolute Gasteiger partial charge is 0.311 e. The summed E-state index contributed by atoms with van der Waals surface area (Å²) in [6, 6.07) is 1.94. The number of hydrogen-bond acceptors (Lipinski definition) is 4. The van der Waals surface area contributed by atoms with Crippen molar-refractivity contribution in [2.75, 3.05) is 12.8 Å². The molecule has 2 heterocycles. The zero-order valence-corrected chi connectivity index (χ0v) is 10.0. The van der Waals surface area contributed by atoms with E-state index >= 15 is 0 Å². The van der Waals surface area contributed by atoms with Crippen LogP contribution in [-0.2, 0) is 29.7 Å². The van der Waals surface area contributed by atoms with E-state index in [0.29, 0.717) is 0 Å². The van der Waals surface area contributed by atoms with E-state index < -0.39 is 10.0 Å². The van der Waals surface area contributed by atoms with Crippen LogP contribution in [0, 0.1) is 0 Å². The second-order valence-corrected chi connectivity index (χ2v) is 5.81. The summed E-state index contributed by atoms with van der Waals surface area (Å²) in [5, 5.41) is 7.65. The number of nitrogens with zero attached hydrogens (tertiary/aromatic N) is 2. The topological polar surface area (TPSA) is 76.0 Å². The highest BCUT2D eigenvalue weighted by Gasteiger charge is 2.11. The average molecular weight is 244 g/mol. The molecule has 16 heavy (non-hydrogen) atoms. The smallest absolute Gasteiger partial charge is 0.209 e. The lowest BCUT2D eigenvalue weighted by Crippen LogP contribution is -2.21. The van der Waals surface area contributed by atoms with Crippen LogP contribution in [0.5, 0.6) is 0 Å². The van der Waals surface area contributed by atoms with E-state index in [1.807, 2.05) is 10.7 Å². The van der Waals surface area contributed by atoms with Crippen molar-refractivity contribution in [2.24, 2.45) is 0 Å². The van der Waals surface area contributed by atoms with Gasteiger partial charge in [0.1, 0.15) is 0 Å². The highest BCUT2D eigenvalue weighted by molar-refractivity contribution is 7.88. The lowest BCUT2D eigenvalue weighted by atomic mass is 10.3. The van der Waals surface area contributed by atoms with Crippen LogP contribution in [0.15, 0.2) is 6.07 Å². The molecule has 2 N–H and O–H groups in total. The highest BCUT2D eigenvalue weighted by atomic mass is 32.2. The number of hydrogen-bond donors (Lipinski definition) is 2. The summed E-state index contributed by atoms with van der Waals surface area (Å²) in [7, 11) is -3.15. The molecule has 1 aromatic rings. The zero-order valence-electron chi connectivity index (χ0n) is 9.23. The van der Waals surface area contributed by atoms with Gasteiger partial charge in [-0.15, -0.1) is 0 Å². The average Bonchev–Trinajstić information content (AvgIpc) is 2.45. The minimum Gasteiger partial charge on any atom is -0.311 e. The highest BCUT2D eigenvalue weighted by Crippen LogP contribution is 2.08. The fourth-order valence-electron chi connectivity index (χ4n) is 1.71. The van der Waals surface area contributed by atoms with Crippen molar-refractivity contribution >= 4 is 10.0 Å². The van der Waals surface area contributed by atoms with Gasteiger partial charge in [-0.2, -0.15) is 5.10 Å². The molecule has 0 bridgehead atoms. The second-order valence-electron chi connectivity index (χ2n) is 3.97. The van der Waals surface area contributed by atoms with Crippen molar-refractivity contribution in [2.45, 2.75) is 26.1 Å². The van der Waals surface area contributed by atoms with Gasteiger partial charge in [0.15, 0.2) is 0 Å². The summed E-state index contributed by atoms with van der Waals surface area (Å²) in [5.41, 5.74) is 1.88. The van der Waals surface area contributed by atoms with Gasteiger partial charge in [0.05, 0.1) is 24.2 Å². The normalized spacial score (nSPS) is 16.8. The number of sulfonamides is 1. The van der Waals surface area contributed by atoms with Crippen LogP contribution in [0.2, 0.25) is 0 Å². The number of aryl methyl sites for hydroxylation is 1. The van der Waals surface area contributed by atoms with Gasteiger partial charge in [-0.3, -0.25) is 4.68 Å². The number of fused-ring (bicyclic) bond motifs is 1. The fourth-order valence-corrected chi connectivity index (χ4v) is 2.12. The van der Waals surface area contributed by atoms with Gasteiger partial charge in [0.25, 0.3) is 0 Å². The van der Waals surface area contributed by atoms with Crippen LogP contribution in [0.1, 0.15) is 17.8 Å². The minimum absolute atomic E-state index is 0.263. The molecule has 6 nitrogen and oxygen atoms in total. The molecule has 0 amide bonds.